The number of likely N-dealkylation sites (tertiary alicyclic amines) is 1. The molecule has 1 heterocycles. The van der Waals surface area contributed by atoms with Crippen LogP contribution in [0.25, 0.3) is 0 Å². The van der Waals surface area contributed by atoms with Crippen LogP contribution in [-0.4, -0.2) is 49.0 Å². The molecular weight excluding hydrogens is 240 g/mol. The summed E-state index contributed by atoms with van der Waals surface area (Å²) in [7, 11) is 1.80. The Morgan fingerprint density at radius 1 is 1.37 bits per heavy atom. The van der Waals surface area contributed by atoms with Gasteiger partial charge in [-0.2, -0.15) is 0 Å². The van der Waals surface area contributed by atoms with Gasteiger partial charge in [-0.1, -0.05) is 20.8 Å². The van der Waals surface area contributed by atoms with Crippen molar-refractivity contribution in [2.75, 3.05) is 20.1 Å². The minimum absolute atomic E-state index is 0.0866. The van der Waals surface area contributed by atoms with Gasteiger partial charge < -0.3 is 15.5 Å². The zero-order valence-electron chi connectivity index (χ0n) is 12.4. The molecule has 1 saturated heterocycles. The highest BCUT2D eigenvalue weighted by atomic mass is 16.2. The molecule has 2 N–H and O–H groups in total. The van der Waals surface area contributed by atoms with E-state index in [0.29, 0.717) is 12.1 Å². The highest BCUT2D eigenvalue weighted by Crippen LogP contribution is 2.28. The van der Waals surface area contributed by atoms with Crippen LogP contribution in [0.5, 0.6) is 0 Å². The standard InChI is InChI=1S/C14H26N4O/c1-9(2)13(19)18-6-5-11(8-18)16-14(15-4)17-12-7-10(12)3/h9-12H,5-8H2,1-4H3,(H2,15,16,17). The molecule has 0 spiro atoms. The molecule has 2 aliphatic rings. The third kappa shape index (κ3) is 3.61. The van der Waals surface area contributed by atoms with Crippen molar-refractivity contribution in [2.24, 2.45) is 16.8 Å². The minimum Gasteiger partial charge on any atom is -0.353 e. The predicted molar refractivity (Wildman–Crippen MR) is 77.0 cm³/mol. The van der Waals surface area contributed by atoms with Gasteiger partial charge in [0.25, 0.3) is 0 Å². The number of carbonyl (C=O) groups is 1. The van der Waals surface area contributed by atoms with Crippen molar-refractivity contribution in [2.45, 2.75) is 45.7 Å². The monoisotopic (exact) mass is 266 g/mol. The van der Waals surface area contributed by atoms with E-state index in [9.17, 15) is 4.79 Å². The van der Waals surface area contributed by atoms with Crippen LogP contribution >= 0.6 is 0 Å². The number of nitrogens with zero attached hydrogens (tertiary/aromatic N) is 2. The van der Waals surface area contributed by atoms with Gasteiger partial charge in [-0.15, -0.1) is 0 Å². The molecule has 5 heteroatoms. The SMILES string of the molecule is CN=C(NC1CCN(C(=O)C(C)C)C1)NC1CC1C. The number of guanidine groups is 1. The Balaban J connectivity index is 1.79. The van der Waals surface area contributed by atoms with E-state index in [0.717, 1.165) is 31.4 Å². The zero-order valence-corrected chi connectivity index (χ0v) is 12.4. The maximum atomic E-state index is 11.9. The summed E-state index contributed by atoms with van der Waals surface area (Å²) in [6.07, 6.45) is 2.22. The van der Waals surface area contributed by atoms with Crippen LogP contribution in [0.4, 0.5) is 0 Å². The van der Waals surface area contributed by atoms with E-state index in [-0.39, 0.29) is 11.8 Å². The Morgan fingerprint density at radius 3 is 2.58 bits per heavy atom. The lowest BCUT2D eigenvalue weighted by Crippen LogP contribution is -2.46. The lowest BCUT2D eigenvalue weighted by Gasteiger charge is -2.20. The molecule has 2 rings (SSSR count). The van der Waals surface area contributed by atoms with Crippen LogP contribution < -0.4 is 10.6 Å². The second-order valence-electron chi connectivity index (χ2n) is 6.10. The molecule has 5 nitrogen and oxygen atoms in total. The molecule has 0 bridgehead atoms. The number of nitrogens with one attached hydrogen (secondary N) is 2. The van der Waals surface area contributed by atoms with Gasteiger partial charge >= 0.3 is 0 Å². The van der Waals surface area contributed by atoms with E-state index >= 15 is 0 Å². The molecule has 0 radical (unpaired) electrons. The van der Waals surface area contributed by atoms with E-state index in [1.807, 2.05) is 18.7 Å². The number of hydrogen-bond acceptors (Lipinski definition) is 2. The van der Waals surface area contributed by atoms with Crippen molar-refractivity contribution in [3.63, 3.8) is 0 Å². The summed E-state index contributed by atoms with van der Waals surface area (Å²) in [6, 6.07) is 0.893. The van der Waals surface area contributed by atoms with E-state index in [1.165, 1.54) is 6.42 Å². The van der Waals surface area contributed by atoms with Crippen molar-refractivity contribution in [1.29, 1.82) is 0 Å². The highest BCUT2D eigenvalue weighted by molar-refractivity contribution is 5.81. The van der Waals surface area contributed by atoms with Gasteiger partial charge in [-0.25, -0.2) is 0 Å². The summed E-state index contributed by atoms with van der Waals surface area (Å²) in [5.41, 5.74) is 0. The zero-order chi connectivity index (χ0) is 14.0. The Labute approximate surface area is 115 Å². The van der Waals surface area contributed by atoms with Crippen molar-refractivity contribution in [3.05, 3.63) is 0 Å². The van der Waals surface area contributed by atoms with E-state index in [2.05, 4.69) is 22.5 Å². The summed E-state index contributed by atoms with van der Waals surface area (Å²) in [6.45, 7) is 7.79. The molecule has 1 saturated carbocycles. The third-order valence-electron chi connectivity index (χ3n) is 3.99. The van der Waals surface area contributed by atoms with Crippen LogP contribution in [0.1, 0.15) is 33.6 Å². The van der Waals surface area contributed by atoms with Gasteiger partial charge in [0.15, 0.2) is 5.96 Å². The van der Waals surface area contributed by atoms with Gasteiger partial charge in [0, 0.05) is 38.1 Å². The van der Waals surface area contributed by atoms with Crippen molar-refractivity contribution in [1.82, 2.24) is 15.5 Å². The first-order valence-corrected chi connectivity index (χ1v) is 7.30. The molecule has 1 aliphatic carbocycles. The fraction of sp³-hybridized carbons (Fsp3) is 0.857. The Morgan fingerprint density at radius 2 is 2.05 bits per heavy atom. The van der Waals surface area contributed by atoms with Crippen LogP contribution in [0.3, 0.4) is 0 Å². The molecule has 3 atom stereocenters. The molecule has 19 heavy (non-hydrogen) atoms. The van der Waals surface area contributed by atoms with Gasteiger partial charge in [0.1, 0.15) is 0 Å². The Bertz CT molecular complexity index is 366. The third-order valence-corrected chi connectivity index (χ3v) is 3.99. The first-order chi connectivity index (χ1) is 9.01. The second kappa shape index (κ2) is 5.80. The average Bonchev–Trinajstić information content (AvgIpc) is 2.89. The molecule has 108 valence electrons. The maximum absolute atomic E-state index is 11.9. The molecule has 0 aromatic heterocycles. The molecule has 1 amide bonds. The quantitative estimate of drug-likeness (QED) is 0.587. The smallest absolute Gasteiger partial charge is 0.225 e. The summed E-state index contributed by atoms with van der Waals surface area (Å²) < 4.78 is 0. The first kappa shape index (κ1) is 14.2. The molecular formula is C14H26N4O. The second-order valence-corrected chi connectivity index (χ2v) is 6.10. The number of rotatable bonds is 3. The van der Waals surface area contributed by atoms with Crippen molar-refractivity contribution in [3.8, 4) is 0 Å². The summed E-state index contributed by atoms with van der Waals surface area (Å²) in [5, 5.41) is 6.85. The van der Waals surface area contributed by atoms with Gasteiger partial charge in [0.2, 0.25) is 5.91 Å². The number of hydrogen-bond donors (Lipinski definition) is 2. The molecule has 3 unspecified atom stereocenters. The number of aliphatic imine (C=N–C) groups is 1. The van der Waals surface area contributed by atoms with E-state index in [4.69, 9.17) is 0 Å². The number of carbonyl (C=O) groups excluding carboxylic acids is 1. The van der Waals surface area contributed by atoms with Gasteiger partial charge in [0.05, 0.1) is 0 Å². The highest BCUT2D eigenvalue weighted by Gasteiger charge is 2.34. The normalized spacial score (nSPS) is 30.7. The fourth-order valence-corrected chi connectivity index (χ4v) is 2.51. The fourth-order valence-electron chi connectivity index (χ4n) is 2.51. The number of amides is 1. The maximum Gasteiger partial charge on any atom is 0.225 e. The summed E-state index contributed by atoms with van der Waals surface area (Å²) in [4.78, 5) is 18.1. The predicted octanol–water partition coefficient (Wildman–Crippen LogP) is 0.817. The summed E-state index contributed by atoms with van der Waals surface area (Å²) >= 11 is 0. The lowest BCUT2D eigenvalue weighted by atomic mass is 10.2. The molecule has 1 aliphatic heterocycles. The van der Waals surface area contributed by atoms with Crippen molar-refractivity contribution >= 4 is 11.9 Å². The van der Waals surface area contributed by atoms with Gasteiger partial charge in [-0.05, 0) is 18.8 Å². The Hall–Kier alpha value is -1.26. The molecule has 2 fully saturated rings. The van der Waals surface area contributed by atoms with E-state index in [1.54, 1.807) is 7.05 Å². The van der Waals surface area contributed by atoms with Crippen molar-refractivity contribution < 1.29 is 4.79 Å². The summed E-state index contributed by atoms with van der Waals surface area (Å²) in [5.74, 6) is 1.96. The molecule has 0 aromatic carbocycles. The van der Waals surface area contributed by atoms with E-state index < -0.39 is 0 Å². The largest absolute Gasteiger partial charge is 0.353 e. The minimum atomic E-state index is 0.0866. The van der Waals surface area contributed by atoms with Crippen LogP contribution in [-0.2, 0) is 4.79 Å². The lowest BCUT2D eigenvalue weighted by molar-refractivity contribution is -0.133. The Kier molecular flexibility index (Phi) is 4.32. The van der Waals surface area contributed by atoms with Crippen LogP contribution in [0.15, 0.2) is 4.99 Å². The topological polar surface area (TPSA) is 56.7 Å². The first-order valence-electron chi connectivity index (χ1n) is 7.30. The van der Waals surface area contributed by atoms with Crippen LogP contribution in [0.2, 0.25) is 0 Å². The average molecular weight is 266 g/mol. The molecule has 0 aromatic rings. The van der Waals surface area contributed by atoms with Gasteiger partial charge in [-0.3, -0.25) is 9.79 Å². The van der Waals surface area contributed by atoms with Crippen LogP contribution in [0, 0.1) is 11.8 Å².